The third-order valence-corrected chi connectivity index (χ3v) is 5.41. The smallest absolute Gasteiger partial charge is 0.159 e. The van der Waals surface area contributed by atoms with Crippen molar-refractivity contribution in [3.05, 3.63) is 58.3 Å². The minimum absolute atomic E-state index is 0.119. The van der Waals surface area contributed by atoms with Crippen molar-refractivity contribution in [2.24, 2.45) is 5.41 Å². The van der Waals surface area contributed by atoms with Crippen LogP contribution in [0, 0.1) is 28.1 Å². The number of ketones is 1. The second-order valence-corrected chi connectivity index (χ2v) is 6.55. The van der Waals surface area contributed by atoms with Gasteiger partial charge in [0.2, 0.25) is 0 Å². The predicted octanol–water partition coefficient (Wildman–Crippen LogP) is 4.01. The summed E-state index contributed by atoms with van der Waals surface area (Å²) in [6.07, 6.45) is 0.526. The molecule has 1 heterocycles. The average molecular weight is 306 g/mol. The monoisotopic (exact) mass is 306 g/mol. The molecule has 1 aliphatic carbocycles. The fourth-order valence-corrected chi connectivity index (χ4v) is 4.23. The highest BCUT2D eigenvalue weighted by Gasteiger charge is 2.52. The molecule has 0 saturated heterocycles. The van der Waals surface area contributed by atoms with E-state index in [1.165, 1.54) is 11.3 Å². The van der Waals surface area contributed by atoms with Gasteiger partial charge in [0.25, 0.3) is 0 Å². The highest BCUT2D eigenvalue weighted by Crippen LogP contribution is 2.54. The molecule has 3 rings (SSSR count). The van der Waals surface area contributed by atoms with Gasteiger partial charge in [0.1, 0.15) is 5.78 Å². The maximum absolute atomic E-state index is 12.3. The van der Waals surface area contributed by atoms with E-state index < -0.39 is 5.41 Å². The highest BCUT2D eigenvalue weighted by molar-refractivity contribution is 7.10. The van der Waals surface area contributed by atoms with Gasteiger partial charge in [-0.05, 0) is 17.0 Å². The van der Waals surface area contributed by atoms with Gasteiger partial charge in [-0.2, -0.15) is 10.5 Å². The summed E-state index contributed by atoms with van der Waals surface area (Å²) >= 11 is 1.51. The molecule has 1 saturated carbocycles. The maximum atomic E-state index is 12.3. The molecular formula is C18H14N2OS. The van der Waals surface area contributed by atoms with Crippen LogP contribution < -0.4 is 0 Å². The predicted molar refractivity (Wildman–Crippen MR) is 84.1 cm³/mol. The maximum Gasteiger partial charge on any atom is 0.159 e. The topological polar surface area (TPSA) is 64.7 Å². The number of benzene rings is 1. The van der Waals surface area contributed by atoms with Crippen LogP contribution >= 0.6 is 11.3 Å². The fraction of sp³-hybridized carbons (Fsp3) is 0.278. The van der Waals surface area contributed by atoms with Crippen molar-refractivity contribution in [1.29, 1.82) is 10.5 Å². The molecule has 2 aromatic rings. The van der Waals surface area contributed by atoms with Crippen molar-refractivity contribution >= 4 is 17.1 Å². The molecule has 3 nitrogen and oxygen atoms in total. The number of carbonyl (C=O) groups excluding carboxylic acids is 1. The number of carbonyl (C=O) groups is 1. The van der Waals surface area contributed by atoms with Crippen LogP contribution in [0.3, 0.4) is 0 Å². The number of nitrogens with zero attached hydrogens (tertiary/aromatic N) is 2. The zero-order chi connectivity index (χ0) is 15.6. The molecule has 2 atom stereocenters. The van der Waals surface area contributed by atoms with Crippen LogP contribution in [-0.2, 0) is 4.79 Å². The van der Waals surface area contributed by atoms with E-state index in [1.54, 1.807) is 0 Å². The zero-order valence-electron chi connectivity index (χ0n) is 11.9. The SMILES string of the molecule is N#CC1(C#N)[C@@H](c2ccccc2)CC(=O)C[C@@H]1c1cccs1. The molecular weight excluding hydrogens is 292 g/mol. The standard InChI is InChI=1S/C18H14N2OS/c19-11-18(12-20)15(13-5-2-1-3-6-13)9-14(21)10-16(18)17-7-4-8-22-17/h1-8,15-16H,9-10H2/t15-,16-/m1/s1. The summed E-state index contributed by atoms with van der Waals surface area (Å²) in [6, 6.07) is 17.8. The zero-order valence-corrected chi connectivity index (χ0v) is 12.7. The minimum atomic E-state index is -1.19. The van der Waals surface area contributed by atoms with Gasteiger partial charge >= 0.3 is 0 Å². The van der Waals surface area contributed by atoms with Gasteiger partial charge in [-0.1, -0.05) is 36.4 Å². The van der Waals surface area contributed by atoms with E-state index in [-0.39, 0.29) is 30.5 Å². The van der Waals surface area contributed by atoms with Gasteiger partial charge in [-0.15, -0.1) is 11.3 Å². The van der Waals surface area contributed by atoms with E-state index in [0.717, 1.165) is 10.4 Å². The number of hydrogen-bond donors (Lipinski definition) is 0. The lowest BCUT2D eigenvalue weighted by Crippen LogP contribution is -2.39. The molecule has 1 aromatic heterocycles. The molecule has 0 amide bonds. The van der Waals surface area contributed by atoms with E-state index in [0.29, 0.717) is 0 Å². The van der Waals surface area contributed by atoms with Crippen molar-refractivity contribution in [1.82, 2.24) is 0 Å². The molecule has 1 aliphatic rings. The Balaban J connectivity index is 2.15. The molecule has 0 aliphatic heterocycles. The second-order valence-electron chi connectivity index (χ2n) is 5.57. The van der Waals surface area contributed by atoms with Crippen LogP contribution in [0.5, 0.6) is 0 Å². The van der Waals surface area contributed by atoms with E-state index >= 15 is 0 Å². The lowest BCUT2D eigenvalue weighted by Gasteiger charge is -2.39. The molecule has 0 bridgehead atoms. The molecule has 22 heavy (non-hydrogen) atoms. The van der Waals surface area contributed by atoms with Gasteiger partial charge in [-0.3, -0.25) is 4.79 Å². The summed E-state index contributed by atoms with van der Waals surface area (Å²) in [5.74, 6) is -0.612. The summed E-state index contributed by atoms with van der Waals surface area (Å²) in [5.41, 5.74) is -0.305. The van der Waals surface area contributed by atoms with Crippen LogP contribution in [0.4, 0.5) is 0 Å². The molecule has 0 unspecified atom stereocenters. The van der Waals surface area contributed by atoms with E-state index in [1.807, 2.05) is 47.8 Å². The molecule has 1 fully saturated rings. The minimum Gasteiger partial charge on any atom is -0.300 e. The first-order valence-electron chi connectivity index (χ1n) is 7.14. The molecule has 0 spiro atoms. The van der Waals surface area contributed by atoms with Gasteiger partial charge in [0.05, 0.1) is 12.1 Å². The quantitative estimate of drug-likeness (QED) is 0.842. The third kappa shape index (κ3) is 2.22. The first-order valence-corrected chi connectivity index (χ1v) is 8.02. The Morgan fingerprint density at radius 2 is 1.68 bits per heavy atom. The first-order chi connectivity index (χ1) is 10.7. The van der Waals surface area contributed by atoms with Crippen molar-refractivity contribution in [3.63, 3.8) is 0 Å². The molecule has 0 N–H and O–H groups in total. The Hall–Kier alpha value is -2.43. The van der Waals surface area contributed by atoms with Gasteiger partial charge in [0, 0.05) is 29.6 Å². The Bertz CT molecular complexity index is 739. The van der Waals surface area contributed by atoms with Crippen molar-refractivity contribution in [2.45, 2.75) is 24.7 Å². The van der Waals surface area contributed by atoms with Crippen molar-refractivity contribution in [2.75, 3.05) is 0 Å². The summed E-state index contributed by atoms with van der Waals surface area (Å²) < 4.78 is 0. The number of Topliss-reactive ketones (excluding diaryl/α,β-unsaturated/α-hetero) is 1. The van der Waals surface area contributed by atoms with Crippen LogP contribution in [-0.4, -0.2) is 5.78 Å². The second kappa shape index (κ2) is 5.75. The van der Waals surface area contributed by atoms with Crippen molar-refractivity contribution < 1.29 is 4.79 Å². The van der Waals surface area contributed by atoms with Gasteiger partial charge in [0.15, 0.2) is 5.41 Å². The van der Waals surface area contributed by atoms with Crippen molar-refractivity contribution in [3.8, 4) is 12.1 Å². The average Bonchev–Trinajstić information content (AvgIpc) is 3.09. The van der Waals surface area contributed by atoms with Crippen LogP contribution in [0.25, 0.3) is 0 Å². The Kier molecular flexibility index (Phi) is 3.79. The lowest BCUT2D eigenvalue weighted by molar-refractivity contribution is -0.122. The van der Waals surface area contributed by atoms with Crippen LogP contribution in [0.15, 0.2) is 47.8 Å². The lowest BCUT2D eigenvalue weighted by atomic mass is 9.59. The highest BCUT2D eigenvalue weighted by atomic mass is 32.1. The molecule has 4 heteroatoms. The van der Waals surface area contributed by atoms with E-state index in [4.69, 9.17) is 0 Å². The largest absolute Gasteiger partial charge is 0.300 e. The third-order valence-electron chi connectivity index (χ3n) is 4.42. The number of thiophene rings is 1. The fourth-order valence-electron chi connectivity index (χ4n) is 3.32. The number of hydrogen-bond acceptors (Lipinski definition) is 4. The van der Waals surface area contributed by atoms with Gasteiger partial charge < -0.3 is 0 Å². The Morgan fingerprint density at radius 3 is 2.27 bits per heavy atom. The molecule has 1 aromatic carbocycles. The molecule has 0 radical (unpaired) electrons. The van der Waals surface area contributed by atoms with Crippen LogP contribution in [0.2, 0.25) is 0 Å². The van der Waals surface area contributed by atoms with Crippen LogP contribution in [0.1, 0.15) is 35.1 Å². The van der Waals surface area contributed by atoms with Gasteiger partial charge in [-0.25, -0.2) is 0 Å². The summed E-state index contributed by atoms with van der Waals surface area (Å²) in [6.45, 7) is 0. The summed E-state index contributed by atoms with van der Waals surface area (Å²) in [5, 5.41) is 21.6. The van der Waals surface area contributed by atoms with E-state index in [2.05, 4.69) is 12.1 Å². The number of nitriles is 2. The normalized spacial score (nSPS) is 23.5. The first kappa shape index (κ1) is 14.5. The van der Waals surface area contributed by atoms with E-state index in [9.17, 15) is 15.3 Å². The Morgan fingerprint density at radius 1 is 1.00 bits per heavy atom. The molecule has 108 valence electrons. The summed E-state index contributed by atoms with van der Waals surface area (Å²) in [7, 11) is 0. The number of rotatable bonds is 2. The Labute approximate surface area is 133 Å². The summed E-state index contributed by atoms with van der Waals surface area (Å²) in [4.78, 5) is 13.2.